The molecule has 0 atom stereocenters. The van der Waals surface area contributed by atoms with Gasteiger partial charge in [-0.3, -0.25) is 19.3 Å². The molecule has 0 radical (unpaired) electrons. The highest BCUT2D eigenvalue weighted by Crippen LogP contribution is 2.15. The molecule has 0 spiro atoms. The van der Waals surface area contributed by atoms with Gasteiger partial charge in [-0.1, -0.05) is 23.7 Å². The molecular weight excluding hydrogens is 478 g/mol. The van der Waals surface area contributed by atoms with Gasteiger partial charge in [0.15, 0.2) is 0 Å². The molecule has 2 aromatic rings. The number of hydrogen-bond acceptors (Lipinski definition) is 6. The Morgan fingerprint density at radius 1 is 0.912 bits per heavy atom. The summed E-state index contributed by atoms with van der Waals surface area (Å²) < 4.78 is 0. The number of benzene rings is 2. The smallest absolute Gasteiger partial charge is 0.373 e. The first-order valence-electron chi connectivity index (χ1n) is 10.8. The highest BCUT2D eigenvalue weighted by molar-refractivity contribution is 8.00. The fourth-order valence-corrected chi connectivity index (χ4v) is 4.28. The van der Waals surface area contributed by atoms with Crippen LogP contribution in [-0.2, 0) is 20.8 Å². The van der Waals surface area contributed by atoms with Gasteiger partial charge in [-0.2, -0.15) is 0 Å². The van der Waals surface area contributed by atoms with Gasteiger partial charge in [-0.05, 0) is 48.4 Å². The van der Waals surface area contributed by atoms with Crippen LogP contribution in [0.25, 0.3) is 0 Å². The van der Waals surface area contributed by atoms with Crippen LogP contribution >= 0.6 is 23.4 Å². The third kappa shape index (κ3) is 7.86. The number of aliphatic carboxylic acids is 1. The molecule has 1 fully saturated rings. The number of nitrogens with one attached hydrogen (secondary N) is 1. The van der Waals surface area contributed by atoms with Crippen LogP contribution in [0.1, 0.15) is 15.9 Å². The molecular formula is C24H26ClN3O5S. The van der Waals surface area contributed by atoms with E-state index in [0.29, 0.717) is 24.3 Å². The van der Waals surface area contributed by atoms with Crippen LogP contribution in [0.5, 0.6) is 0 Å². The maximum atomic E-state index is 12.8. The lowest BCUT2D eigenvalue weighted by molar-refractivity contribution is -0.147. The van der Waals surface area contributed by atoms with E-state index in [1.54, 1.807) is 24.3 Å². The number of anilines is 1. The Bertz CT molecular complexity index is 1020. The fourth-order valence-electron chi connectivity index (χ4n) is 3.49. The number of carbonyl (C=O) groups excluding carboxylic acids is 3. The minimum Gasteiger partial charge on any atom is -0.475 e. The Labute approximate surface area is 207 Å². The average Bonchev–Trinajstić information content (AvgIpc) is 2.84. The van der Waals surface area contributed by atoms with Crippen LogP contribution in [0.2, 0.25) is 5.02 Å². The normalized spacial score (nSPS) is 14.0. The summed E-state index contributed by atoms with van der Waals surface area (Å²) in [5.41, 5.74) is 2.32. The molecule has 2 aromatic carbocycles. The Balaban J connectivity index is 1.40. The van der Waals surface area contributed by atoms with Crippen LogP contribution in [-0.4, -0.2) is 82.7 Å². The van der Waals surface area contributed by atoms with Crippen LogP contribution in [0.3, 0.4) is 0 Å². The Hall–Kier alpha value is -2.88. The van der Waals surface area contributed by atoms with Gasteiger partial charge in [0, 0.05) is 49.0 Å². The molecule has 2 N–H and O–H groups in total. The second-order valence-electron chi connectivity index (χ2n) is 7.86. The summed E-state index contributed by atoms with van der Waals surface area (Å²) in [5, 5.41) is 11.9. The lowest BCUT2D eigenvalue weighted by atomic mass is 10.1. The average molecular weight is 504 g/mol. The molecule has 0 unspecified atom stereocenters. The topological polar surface area (TPSA) is 107 Å². The summed E-state index contributed by atoms with van der Waals surface area (Å²) >= 11 is 6.86. The molecule has 34 heavy (non-hydrogen) atoms. The number of carboxylic acid groups (broad SMARTS) is 1. The lowest BCUT2D eigenvalue weighted by Crippen LogP contribution is -2.49. The SMILES string of the molecule is O=C(CSCC(=O)C(=O)O)Nc1ccc(C(=O)N2CCN(CCc3ccc(Cl)cc3)CC2)cc1. The van der Waals surface area contributed by atoms with Crippen LogP contribution < -0.4 is 5.32 Å². The minimum atomic E-state index is -1.51. The molecule has 1 heterocycles. The molecule has 8 nitrogen and oxygen atoms in total. The van der Waals surface area contributed by atoms with Crippen molar-refractivity contribution in [1.82, 2.24) is 9.80 Å². The Morgan fingerprint density at radius 2 is 1.56 bits per heavy atom. The van der Waals surface area contributed by atoms with E-state index in [1.807, 2.05) is 29.2 Å². The summed E-state index contributed by atoms with van der Waals surface area (Å²) in [6.45, 7) is 3.88. The standard InChI is InChI=1S/C24H26ClN3O5S/c25-19-5-1-17(2-6-19)9-10-27-11-13-28(14-12-27)23(31)18-3-7-20(8-4-18)26-22(30)16-34-15-21(29)24(32)33/h1-8H,9-16H2,(H,26,30)(H,32,33). The third-order valence-electron chi connectivity index (χ3n) is 5.41. The predicted octanol–water partition coefficient (Wildman–Crippen LogP) is 2.67. The molecule has 1 aliphatic heterocycles. The zero-order valence-corrected chi connectivity index (χ0v) is 20.1. The summed E-state index contributed by atoms with van der Waals surface area (Å²) in [6.07, 6.45) is 0.937. The molecule has 0 bridgehead atoms. The van der Waals surface area contributed by atoms with Gasteiger partial charge in [0.25, 0.3) is 5.91 Å². The quantitative estimate of drug-likeness (QED) is 0.480. The number of nitrogens with zero attached hydrogens (tertiary/aromatic N) is 2. The zero-order chi connectivity index (χ0) is 24.5. The minimum absolute atomic E-state index is 0.0397. The van der Waals surface area contributed by atoms with Crippen LogP contribution in [0.4, 0.5) is 5.69 Å². The van der Waals surface area contributed by atoms with E-state index in [9.17, 15) is 19.2 Å². The highest BCUT2D eigenvalue weighted by Gasteiger charge is 2.22. The molecule has 1 aliphatic rings. The van der Waals surface area contributed by atoms with Crippen molar-refractivity contribution in [1.29, 1.82) is 0 Å². The first-order valence-corrected chi connectivity index (χ1v) is 12.3. The summed E-state index contributed by atoms with van der Waals surface area (Å²) in [5.74, 6) is -3.14. The highest BCUT2D eigenvalue weighted by atomic mass is 35.5. The fraction of sp³-hybridized carbons (Fsp3) is 0.333. The number of rotatable bonds is 10. The number of thioether (sulfide) groups is 1. The van der Waals surface area contributed by atoms with Crippen molar-refractivity contribution < 1.29 is 24.3 Å². The largest absolute Gasteiger partial charge is 0.475 e. The van der Waals surface area contributed by atoms with E-state index in [0.717, 1.165) is 42.8 Å². The number of piperazine rings is 1. The number of Topliss-reactive ketones (excluding diaryl/α,β-unsaturated/α-hetero) is 1. The first-order chi connectivity index (χ1) is 16.3. The monoisotopic (exact) mass is 503 g/mol. The molecule has 0 aromatic heterocycles. The number of ketones is 1. The maximum absolute atomic E-state index is 12.8. The molecule has 2 amide bonds. The summed E-state index contributed by atoms with van der Waals surface area (Å²) in [4.78, 5) is 50.5. The summed E-state index contributed by atoms with van der Waals surface area (Å²) in [7, 11) is 0. The Morgan fingerprint density at radius 3 is 2.18 bits per heavy atom. The van der Waals surface area contributed by atoms with Gasteiger partial charge in [-0.15, -0.1) is 11.8 Å². The van der Waals surface area contributed by atoms with Gasteiger partial charge >= 0.3 is 5.97 Å². The number of halogens is 1. The molecule has 1 saturated heterocycles. The van der Waals surface area contributed by atoms with Gasteiger partial charge in [0.2, 0.25) is 11.7 Å². The second-order valence-corrected chi connectivity index (χ2v) is 9.28. The van der Waals surface area contributed by atoms with E-state index >= 15 is 0 Å². The van der Waals surface area contributed by atoms with E-state index in [4.69, 9.17) is 16.7 Å². The number of hydrogen-bond donors (Lipinski definition) is 2. The number of carboxylic acids is 1. The summed E-state index contributed by atoms with van der Waals surface area (Å²) in [6, 6.07) is 14.5. The maximum Gasteiger partial charge on any atom is 0.373 e. The molecule has 10 heteroatoms. The van der Waals surface area contributed by atoms with Crippen molar-refractivity contribution in [2.45, 2.75) is 6.42 Å². The van der Waals surface area contributed by atoms with Gasteiger partial charge in [-0.25, -0.2) is 4.79 Å². The third-order valence-corrected chi connectivity index (χ3v) is 6.59. The van der Waals surface area contributed by atoms with Crippen molar-refractivity contribution in [3.8, 4) is 0 Å². The van der Waals surface area contributed by atoms with E-state index in [1.165, 1.54) is 5.56 Å². The molecule has 0 saturated carbocycles. The van der Waals surface area contributed by atoms with Crippen molar-refractivity contribution in [2.24, 2.45) is 0 Å². The molecule has 180 valence electrons. The van der Waals surface area contributed by atoms with E-state index in [-0.39, 0.29) is 23.3 Å². The van der Waals surface area contributed by atoms with Gasteiger partial charge in [0.05, 0.1) is 11.5 Å². The first kappa shape index (κ1) is 25.7. The van der Waals surface area contributed by atoms with E-state index in [2.05, 4.69) is 10.2 Å². The van der Waals surface area contributed by atoms with Gasteiger partial charge < -0.3 is 15.3 Å². The number of carbonyl (C=O) groups is 4. The lowest BCUT2D eigenvalue weighted by Gasteiger charge is -2.34. The molecule has 0 aliphatic carbocycles. The zero-order valence-electron chi connectivity index (χ0n) is 18.5. The van der Waals surface area contributed by atoms with Crippen LogP contribution in [0, 0.1) is 0 Å². The van der Waals surface area contributed by atoms with Gasteiger partial charge in [0.1, 0.15) is 0 Å². The Kier molecular flexibility index (Phi) is 9.50. The number of amides is 2. The van der Waals surface area contributed by atoms with E-state index < -0.39 is 11.8 Å². The van der Waals surface area contributed by atoms with Crippen molar-refractivity contribution >= 4 is 52.6 Å². The predicted molar refractivity (Wildman–Crippen MR) is 133 cm³/mol. The second kappa shape index (κ2) is 12.5. The van der Waals surface area contributed by atoms with Crippen molar-refractivity contribution in [3.05, 3.63) is 64.7 Å². The van der Waals surface area contributed by atoms with Crippen molar-refractivity contribution in [2.75, 3.05) is 49.5 Å². The van der Waals surface area contributed by atoms with Crippen LogP contribution in [0.15, 0.2) is 48.5 Å². The molecule has 3 rings (SSSR count). The van der Waals surface area contributed by atoms with Crippen molar-refractivity contribution in [3.63, 3.8) is 0 Å².